The molecule has 0 atom stereocenters. The van der Waals surface area contributed by atoms with Crippen LogP contribution in [0, 0.1) is 0 Å². The fourth-order valence-corrected chi connectivity index (χ4v) is 2.82. The van der Waals surface area contributed by atoms with Gasteiger partial charge in [0.2, 0.25) is 0 Å². The molecule has 0 fully saturated rings. The fraction of sp³-hybridized carbons (Fsp3) is 0. The molecule has 4 rings (SSSR count). The molecule has 2 heterocycles. The van der Waals surface area contributed by atoms with Crippen molar-refractivity contribution in [2.75, 3.05) is 0 Å². The highest BCUT2D eigenvalue weighted by Gasteiger charge is 2.17. The fourth-order valence-electron chi connectivity index (χ4n) is 2.82. The summed E-state index contributed by atoms with van der Waals surface area (Å²) in [5.41, 5.74) is 7.01. The summed E-state index contributed by atoms with van der Waals surface area (Å²) in [6.45, 7) is 0. The second-order valence-electron chi connectivity index (χ2n) is 5.16. The van der Waals surface area contributed by atoms with Crippen molar-refractivity contribution in [3.05, 3.63) is 85.3 Å². The number of aromatic nitrogens is 2. The minimum Gasteiger partial charge on any atom is -0.265 e. The molecule has 0 radical (unpaired) electrons. The molecular weight excluding hydrogens is 268 g/mol. The van der Waals surface area contributed by atoms with Gasteiger partial charge in [-0.05, 0) is 52.6 Å². The molecule has 2 heteroatoms. The lowest BCUT2D eigenvalue weighted by Gasteiger charge is -2.02. The average Bonchev–Trinajstić information content (AvgIpc) is 2.78. The molecule has 2 aromatic heterocycles. The predicted molar refractivity (Wildman–Crippen MR) is 89.5 cm³/mol. The van der Waals surface area contributed by atoms with Crippen molar-refractivity contribution in [1.82, 2.24) is 9.97 Å². The van der Waals surface area contributed by atoms with E-state index < -0.39 is 0 Å². The second-order valence-corrected chi connectivity index (χ2v) is 5.16. The van der Waals surface area contributed by atoms with Gasteiger partial charge in [0, 0.05) is 24.2 Å². The van der Waals surface area contributed by atoms with Gasteiger partial charge in [-0.25, -0.2) is 0 Å². The summed E-state index contributed by atoms with van der Waals surface area (Å²) in [5, 5.41) is 0. The molecular formula is C20H14N2. The molecule has 0 unspecified atom stereocenters. The van der Waals surface area contributed by atoms with E-state index in [1.54, 1.807) is 0 Å². The first-order valence-corrected chi connectivity index (χ1v) is 7.27. The van der Waals surface area contributed by atoms with Crippen LogP contribution in [0.15, 0.2) is 85.3 Å². The first-order chi connectivity index (χ1) is 10.9. The number of nitrogens with zero attached hydrogens (tertiary/aromatic N) is 2. The molecule has 0 N–H and O–H groups in total. The van der Waals surface area contributed by atoms with Crippen molar-refractivity contribution in [1.29, 1.82) is 0 Å². The summed E-state index contributed by atoms with van der Waals surface area (Å²) in [7, 11) is 0. The van der Waals surface area contributed by atoms with Crippen LogP contribution in [0.3, 0.4) is 0 Å². The van der Waals surface area contributed by atoms with Crippen LogP contribution in [0.1, 0.15) is 0 Å². The van der Waals surface area contributed by atoms with Crippen LogP contribution < -0.4 is 0 Å². The summed E-state index contributed by atoms with van der Waals surface area (Å²) in [6.07, 6.45) is 5.50. The van der Waals surface area contributed by atoms with Crippen molar-refractivity contribution in [3.8, 4) is 33.5 Å². The summed E-state index contributed by atoms with van der Waals surface area (Å²) in [5.74, 6) is 0. The van der Waals surface area contributed by atoms with Crippen molar-refractivity contribution < 1.29 is 0 Å². The van der Waals surface area contributed by atoms with E-state index in [0.29, 0.717) is 0 Å². The smallest absolute Gasteiger partial charge is 0.0708 e. The minimum atomic E-state index is 0.999. The van der Waals surface area contributed by atoms with Gasteiger partial charge < -0.3 is 0 Å². The molecule has 0 bridgehead atoms. The maximum absolute atomic E-state index is 4.51. The Morgan fingerprint density at radius 3 is 2.00 bits per heavy atom. The summed E-state index contributed by atoms with van der Waals surface area (Å²) in [4.78, 5) is 8.63. The van der Waals surface area contributed by atoms with Gasteiger partial charge in [-0.15, -0.1) is 0 Å². The number of hydrogen-bond donors (Lipinski definition) is 0. The third-order valence-electron chi connectivity index (χ3n) is 3.84. The van der Waals surface area contributed by atoms with Crippen LogP contribution in [0.2, 0.25) is 0 Å². The third kappa shape index (κ3) is 2.15. The highest BCUT2D eigenvalue weighted by molar-refractivity contribution is 5.96. The second kappa shape index (κ2) is 5.41. The maximum atomic E-state index is 4.51. The average molecular weight is 282 g/mol. The SMILES string of the molecule is c1ccc2c(-c3ccncc3)cc(-c3ccccn3)c-2cc1. The standard InChI is InChI=1S/C20H14N2/c1-2-6-16-17(7-3-1)19(20-8-4-5-11-22-20)14-18(16)15-9-12-21-13-10-15/h1-14H. The van der Waals surface area contributed by atoms with Crippen LogP contribution in [0.4, 0.5) is 0 Å². The number of rotatable bonds is 2. The van der Waals surface area contributed by atoms with E-state index in [-0.39, 0.29) is 0 Å². The number of fused-ring (bicyclic) bond motifs is 1. The molecule has 0 amide bonds. The lowest BCUT2D eigenvalue weighted by molar-refractivity contribution is 1.33. The van der Waals surface area contributed by atoms with Crippen molar-refractivity contribution >= 4 is 0 Å². The molecule has 0 spiro atoms. The van der Waals surface area contributed by atoms with E-state index in [9.17, 15) is 0 Å². The molecule has 0 aromatic carbocycles. The molecule has 2 aliphatic carbocycles. The van der Waals surface area contributed by atoms with E-state index in [0.717, 1.165) is 5.69 Å². The van der Waals surface area contributed by atoms with Gasteiger partial charge in [-0.3, -0.25) is 9.97 Å². The lowest BCUT2D eigenvalue weighted by Crippen LogP contribution is -1.80. The van der Waals surface area contributed by atoms with Crippen LogP contribution in [-0.4, -0.2) is 9.97 Å². The Labute approximate surface area is 129 Å². The van der Waals surface area contributed by atoms with Crippen LogP contribution in [0.5, 0.6) is 0 Å². The van der Waals surface area contributed by atoms with Crippen molar-refractivity contribution in [2.45, 2.75) is 0 Å². The van der Waals surface area contributed by atoms with E-state index in [1.165, 1.54) is 27.8 Å². The van der Waals surface area contributed by atoms with Crippen molar-refractivity contribution in [2.24, 2.45) is 0 Å². The minimum absolute atomic E-state index is 0.999. The Morgan fingerprint density at radius 1 is 0.545 bits per heavy atom. The normalized spacial score (nSPS) is 10.7. The third-order valence-corrected chi connectivity index (χ3v) is 3.84. The van der Waals surface area contributed by atoms with E-state index >= 15 is 0 Å². The zero-order valence-corrected chi connectivity index (χ0v) is 12.0. The Morgan fingerprint density at radius 2 is 1.27 bits per heavy atom. The van der Waals surface area contributed by atoms with Gasteiger partial charge in [-0.1, -0.05) is 36.4 Å². The zero-order chi connectivity index (χ0) is 14.8. The number of hydrogen-bond acceptors (Lipinski definition) is 2. The van der Waals surface area contributed by atoms with Gasteiger partial charge in [0.05, 0.1) is 5.69 Å². The predicted octanol–water partition coefficient (Wildman–Crippen LogP) is 4.92. The van der Waals surface area contributed by atoms with Crippen molar-refractivity contribution in [3.63, 3.8) is 0 Å². The highest BCUT2D eigenvalue weighted by Crippen LogP contribution is 2.42. The van der Waals surface area contributed by atoms with Gasteiger partial charge in [0.25, 0.3) is 0 Å². The maximum Gasteiger partial charge on any atom is 0.0708 e. The monoisotopic (exact) mass is 282 g/mol. The Bertz CT molecular complexity index is 799. The molecule has 2 aliphatic rings. The quantitative estimate of drug-likeness (QED) is 0.521. The first-order valence-electron chi connectivity index (χ1n) is 7.27. The molecule has 2 nitrogen and oxygen atoms in total. The molecule has 22 heavy (non-hydrogen) atoms. The van der Waals surface area contributed by atoms with Crippen LogP contribution >= 0.6 is 0 Å². The Hall–Kier alpha value is -3.00. The van der Waals surface area contributed by atoms with Gasteiger partial charge in [0.1, 0.15) is 0 Å². The van der Waals surface area contributed by atoms with E-state index in [1.807, 2.05) is 42.9 Å². The Balaban J connectivity index is 2.00. The molecule has 2 aromatic rings. The summed E-state index contributed by atoms with van der Waals surface area (Å²) < 4.78 is 0. The Kier molecular flexibility index (Phi) is 3.13. The van der Waals surface area contributed by atoms with Crippen LogP contribution in [-0.2, 0) is 0 Å². The number of pyridine rings is 2. The summed E-state index contributed by atoms with van der Waals surface area (Å²) >= 11 is 0. The largest absolute Gasteiger partial charge is 0.265 e. The van der Waals surface area contributed by atoms with E-state index in [2.05, 4.69) is 52.4 Å². The van der Waals surface area contributed by atoms with Gasteiger partial charge >= 0.3 is 0 Å². The van der Waals surface area contributed by atoms with Gasteiger partial charge in [-0.2, -0.15) is 0 Å². The highest BCUT2D eigenvalue weighted by atomic mass is 14.7. The van der Waals surface area contributed by atoms with Crippen LogP contribution in [0.25, 0.3) is 33.5 Å². The molecule has 0 aliphatic heterocycles. The summed E-state index contributed by atoms with van der Waals surface area (Å²) in [6, 6.07) is 22.9. The topological polar surface area (TPSA) is 25.8 Å². The first kappa shape index (κ1) is 12.7. The van der Waals surface area contributed by atoms with E-state index in [4.69, 9.17) is 0 Å². The zero-order valence-electron chi connectivity index (χ0n) is 12.0. The van der Waals surface area contributed by atoms with Gasteiger partial charge in [0.15, 0.2) is 0 Å². The molecule has 104 valence electrons. The lowest BCUT2D eigenvalue weighted by atomic mass is 10.0. The molecule has 0 saturated heterocycles. The molecule has 0 saturated carbocycles.